The van der Waals surface area contributed by atoms with E-state index in [4.69, 9.17) is 10.5 Å². The van der Waals surface area contributed by atoms with Gasteiger partial charge < -0.3 is 19.8 Å². The zero-order chi connectivity index (χ0) is 23.7. The fourth-order valence-electron chi connectivity index (χ4n) is 3.54. The van der Waals surface area contributed by atoms with Gasteiger partial charge in [0.2, 0.25) is 5.75 Å². The molecule has 0 bridgehead atoms. The Morgan fingerprint density at radius 1 is 1.15 bits per heavy atom. The number of nitro groups is 1. The van der Waals surface area contributed by atoms with Crippen LogP contribution in [0.4, 0.5) is 11.5 Å². The van der Waals surface area contributed by atoms with Gasteiger partial charge in [0.05, 0.1) is 23.0 Å². The maximum atomic E-state index is 11.7. The highest BCUT2D eigenvalue weighted by Crippen LogP contribution is 2.36. The molecule has 0 amide bonds. The van der Waals surface area contributed by atoms with Crippen LogP contribution in [0.25, 0.3) is 22.2 Å². The van der Waals surface area contributed by atoms with Gasteiger partial charge >= 0.3 is 11.7 Å². The van der Waals surface area contributed by atoms with Crippen LogP contribution >= 0.6 is 0 Å². The molecule has 2 N–H and O–H groups in total. The Morgan fingerprint density at radius 3 is 2.52 bits per heavy atom. The fraction of sp³-hybridized carbons (Fsp3) is 0.174. The number of nitrogens with two attached hydrogens (primary N) is 1. The lowest BCUT2D eigenvalue weighted by Crippen LogP contribution is -2.03. The van der Waals surface area contributed by atoms with Crippen molar-refractivity contribution in [3.63, 3.8) is 0 Å². The summed E-state index contributed by atoms with van der Waals surface area (Å²) < 4.78 is 12.4. The molecule has 33 heavy (non-hydrogen) atoms. The predicted octanol–water partition coefficient (Wildman–Crippen LogP) is 4.75. The van der Waals surface area contributed by atoms with Crippen LogP contribution in [0.3, 0.4) is 0 Å². The molecule has 0 unspecified atom stereocenters. The highest BCUT2D eigenvalue weighted by molar-refractivity contribution is 6.00. The minimum absolute atomic E-state index is 0.00876. The van der Waals surface area contributed by atoms with Gasteiger partial charge in [0.25, 0.3) is 0 Å². The van der Waals surface area contributed by atoms with Crippen LogP contribution < -0.4 is 10.5 Å². The molecule has 2 heterocycles. The summed E-state index contributed by atoms with van der Waals surface area (Å²) in [6.07, 6.45) is 3.42. The molecular formula is C23H21N5O5. The highest BCUT2D eigenvalue weighted by atomic mass is 16.6. The zero-order valence-corrected chi connectivity index (χ0v) is 18.2. The van der Waals surface area contributed by atoms with E-state index in [0.717, 1.165) is 28.2 Å². The largest absolute Gasteiger partial charge is 0.465 e. The topological polar surface area (TPSA) is 135 Å². The van der Waals surface area contributed by atoms with Crippen LogP contribution in [0, 0.1) is 10.1 Å². The number of rotatable bonds is 6. The van der Waals surface area contributed by atoms with E-state index < -0.39 is 10.9 Å². The lowest BCUT2D eigenvalue weighted by atomic mass is 10.1. The molecule has 0 spiro atoms. The van der Waals surface area contributed by atoms with Gasteiger partial charge in [-0.25, -0.2) is 14.8 Å². The number of nitro benzene ring substituents is 1. The highest BCUT2D eigenvalue weighted by Gasteiger charge is 2.20. The maximum Gasteiger partial charge on any atom is 0.338 e. The van der Waals surface area contributed by atoms with Crippen molar-refractivity contribution >= 4 is 28.5 Å². The van der Waals surface area contributed by atoms with Crippen molar-refractivity contribution < 1.29 is 19.2 Å². The van der Waals surface area contributed by atoms with Crippen LogP contribution in [-0.4, -0.2) is 32.5 Å². The monoisotopic (exact) mass is 447 g/mol. The smallest absolute Gasteiger partial charge is 0.338 e. The maximum absolute atomic E-state index is 11.7. The standard InChI is InChI=1S/C23H21N5O5/c1-13(2)27-11-17(20-21(24)25-12-26-22(20)27)14-4-7-16(8-5-14)33-19-9-6-15(23(29)32-3)10-18(19)28(30)31/h4-13H,1-3H3,(H2,24,25,26). The van der Waals surface area contributed by atoms with E-state index in [1.54, 1.807) is 12.1 Å². The third-order valence-corrected chi connectivity index (χ3v) is 5.16. The minimum Gasteiger partial charge on any atom is -0.465 e. The molecule has 10 heteroatoms. The normalized spacial score (nSPS) is 11.0. The second kappa shape index (κ2) is 8.58. The van der Waals surface area contributed by atoms with Gasteiger partial charge in [-0.05, 0) is 43.7 Å². The number of anilines is 1. The molecule has 10 nitrogen and oxygen atoms in total. The van der Waals surface area contributed by atoms with E-state index in [1.165, 1.54) is 25.6 Å². The Labute approximate surface area is 188 Å². The van der Waals surface area contributed by atoms with Crippen molar-refractivity contribution in [3.05, 3.63) is 70.7 Å². The summed E-state index contributed by atoms with van der Waals surface area (Å²) in [5.41, 5.74) is 8.35. The van der Waals surface area contributed by atoms with Crippen molar-refractivity contribution in [2.45, 2.75) is 19.9 Å². The first kappa shape index (κ1) is 21.8. The number of nitrogen functional groups attached to an aromatic ring is 1. The number of aromatic nitrogens is 3. The summed E-state index contributed by atoms with van der Waals surface area (Å²) in [5, 5.41) is 12.2. The summed E-state index contributed by atoms with van der Waals surface area (Å²) in [5.74, 6) is 0.118. The van der Waals surface area contributed by atoms with Crippen molar-refractivity contribution in [2.75, 3.05) is 12.8 Å². The number of fused-ring (bicyclic) bond motifs is 1. The molecule has 168 valence electrons. The number of carbonyl (C=O) groups is 1. The van der Waals surface area contributed by atoms with Gasteiger partial charge in [0.1, 0.15) is 23.5 Å². The number of benzene rings is 2. The molecule has 0 saturated carbocycles. The average molecular weight is 447 g/mol. The number of hydrogen-bond donors (Lipinski definition) is 1. The van der Waals surface area contributed by atoms with E-state index in [2.05, 4.69) is 28.6 Å². The molecule has 0 aliphatic rings. The molecule has 0 aliphatic heterocycles. The lowest BCUT2D eigenvalue weighted by Gasteiger charge is -2.08. The summed E-state index contributed by atoms with van der Waals surface area (Å²) in [6.45, 7) is 4.10. The zero-order valence-electron chi connectivity index (χ0n) is 18.2. The van der Waals surface area contributed by atoms with E-state index in [9.17, 15) is 14.9 Å². The van der Waals surface area contributed by atoms with Gasteiger partial charge in [0.15, 0.2) is 0 Å². The molecule has 0 saturated heterocycles. The first-order valence-corrected chi connectivity index (χ1v) is 10.1. The summed E-state index contributed by atoms with van der Waals surface area (Å²) in [7, 11) is 1.21. The van der Waals surface area contributed by atoms with E-state index in [-0.39, 0.29) is 23.0 Å². The van der Waals surface area contributed by atoms with Crippen LogP contribution in [0.1, 0.15) is 30.2 Å². The molecule has 0 radical (unpaired) electrons. The Hall–Kier alpha value is -4.47. The van der Waals surface area contributed by atoms with Crippen molar-refractivity contribution in [1.82, 2.24) is 14.5 Å². The van der Waals surface area contributed by atoms with E-state index in [0.29, 0.717) is 11.6 Å². The third kappa shape index (κ3) is 4.05. The van der Waals surface area contributed by atoms with Crippen molar-refractivity contribution in [1.29, 1.82) is 0 Å². The molecule has 2 aromatic carbocycles. The summed E-state index contributed by atoms with van der Waals surface area (Å²) in [6, 6.07) is 11.1. The molecule has 4 rings (SSSR count). The number of esters is 1. The Morgan fingerprint density at radius 2 is 1.88 bits per heavy atom. The van der Waals surface area contributed by atoms with Crippen LogP contribution in [0.15, 0.2) is 55.0 Å². The van der Waals surface area contributed by atoms with Gasteiger partial charge in [-0.2, -0.15) is 0 Å². The molecule has 0 atom stereocenters. The van der Waals surface area contributed by atoms with Gasteiger partial charge in [-0.15, -0.1) is 0 Å². The van der Waals surface area contributed by atoms with Crippen LogP contribution in [-0.2, 0) is 4.74 Å². The second-order valence-corrected chi connectivity index (χ2v) is 7.56. The number of hydrogen-bond acceptors (Lipinski definition) is 8. The minimum atomic E-state index is -0.669. The first-order valence-electron chi connectivity index (χ1n) is 10.1. The van der Waals surface area contributed by atoms with Crippen molar-refractivity contribution in [3.8, 4) is 22.6 Å². The van der Waals surface area contributed by atoms with Gasteiger partial charge in [-0.1, -0.05) is 12.1 Å². The predicted molar refractivity (Wildman–Crippen MR) is 122 cm³/mol. The molecule has 0 aliphatic carbocycles. The summed E-state index contributed by atoms with van der Waals surface area (Å²) in [4.78, 5) is 31.1. The van der Waals surface area contributed by atoms with Crippen LogP contribution in [0.5, 0.6) is 11.5 Å². The molecular weight excluding hydrogens is 426 g/mol. The number of methoxy groups -OCH3 is 1. The first-order chi connectivity index (χ1) is 15.8. The van der Waals surface area contributed by atoms with Crippen LogP contribution in [0.2, 0.25) is 0 Å². The van der Waals surface area contributed by atoms with Gasteiger partial charge in [0, 0.05) is 23.9 Å². The quantitative estimate of drug-likeness (QED) is 0.254. The molecule has 2 aromatic heterocycles. The van der Waals surface area contributed by atoms with E-state index in [1.807, 2.05) is 22.9 Å². The Bertz CT molecular complexity index is 1360. The number of ether oxygens (including phenoxy) is 2. The lowest BCUT2D eigenvalue weighted by molar-refractivity contribution is -0.385. The SMILES string of the molecule is COC(=O)c1ccc(Oc2ccc(-c3cn(C(C)C)c4ncnc(N)c34)cc2)c([N+](=O)[O-])c1. The number of nitrogens with zero attached hydrogens (tertiary/aromatic N) is 4. The molecule has 4 aromatic rings. The van der Waals surface area contributed by atoms with E-state index >= 15 is 0 Å². The average Bonchev–Trinajstić information content (AvgIpc) is 3.20. The fourth-order valence-corrected chi connectivity index (χ4v) is 3.54. The summed E-state index contributed by atoms with van der Waals surface area (Å²) >= 11 is 0. The Balaban J connectivity index is 1.68. The van der Waals surface area contributed by atoms with Crippen molar-refractivity contribution in [2.24, 2.45) is 0 Å². The van der Waals surface area contributed by atoms with Gasteiger partial charge in [-0.3, -0.25) is 10.1 Å². The second-order valence-electron chi connectivity index (χ2n) is 7.56. The Kier molecular flexibility index (Phi) is 5.65. The third-order valence-electron chi connectivity index (χ3n) is 5.16. The molecule has 0 fully saturated rings. The number of carbonyl (C=O) groups excluding carboxylic acids is 1.